The summed E-state index contributed by atoms with van der Waals surface area (Å²) in [7, 11) is -1.86. The Hall–Kier alpha value is -2.94. The molecule has 168 valence electrons. The van der Waals surface area contributed by atoms with Crippen molar-refractivity contribution in [2.75, 3.05) is 48.7 Å². The van der Waals surface area contributed by atoms with E-state index in [-0.39, 0.29) is 12.3 Å². The second kappa shape index (κ2) is 10.4. The fraction of sp³-hybridized carbons (Fsp3) is 0.409. The summed E-state index contributed by atoms with van der Waals surface area (Å²) in [5.74, 6) is 1.71. The monoisotopic (exact) mass is 446 g/mol. The van der Waals surface area contributed by atoms with Crippen molar-refractivity contribution in [3.05, 3.63) is 48.0 Å². The number of anilines is 2. The minimum absolute atomic E-state index is 0.0650. The summed E-state index contributed by atoms with van der Waals surface area (Å²) < 4.78 is 38.1. The number of hydrogen-bond donors (Lipinski definition) is 2. The van der Waals surface area contributed by atoms with Crippen molar-refractivity contribution in [2.45, 2.75) is 20.3 Å². The lowest BCUT2D eigenvalue weighted by Gasteiger charge is -2.19. The van der Waals surface area contributed by atoms with Crippen molar-refractivity contribution in [1.29, 1.82) is 0 Å². The Bertz CT molecular complexity index is 1020. The van der Waals surface area contributed by atoms with E-state index in [1.165, 1.54) is 4.31 Å². The van der Waals surface area contributed by atoms with Gasteiger partial charge in [0, 0.05) is 24.8 Å². The Labute approximate surface area is 184 Å². The lowest BCUT2D eigenvalue weighted by atomic mass is 10.2. The summed E-state index contributed by atoms with van der Waals surface area (Å²) in [6.07, 6.45) is 0.739. The molecule has 31 heavy (non-hydrogen) atoms. The van der Waals surface area contributed by atoms with Crippen molar-refractivity contribution in [2.24, 2.45) is 4.99 Å². The lowest BCUT2D eigenvalue weighted by molar-refractivity contribution is 0.311. The second-order valence-electron chi connectivity index (χ2n) is 6.95. The summed E-state index contributed by atoms with van der Waals surface area (Å²) >= 11 is 0. The Morgan fingerprint density at radius 1 is 1.16 bits per heavy atom. The maximum Gasteiger partial charge on any atom is 0.237 e. The molecule has 8 nitrogen and oxygen atoms in total. The quantitative estimate of drug-likeness (QED) is 0.455. The molecule has 0 aliphatic carbocycles. The number of nitrogens with zero attached hydrogens (tertiary/aromatic N) is 2. The average Bonchev–Trinajstić information content (AvgIpc) is 3.20. The van der Waals surface area contributed by atoms with E-state index in [2.05, 4.69) is 15.6 Å². The largest absolute Gasteiger partial charge is 0.493 e. The van der Waals surface area contributed by atoms with Crippen molar-refractivity contribution >= 4 is 27.4 Å². The minimum atomic E-state index is -3.45. The van der Waals surface area contributed by atoms with E-state index >= 15 is 0 Å². The molecule has 2 aromatic rings. The molecule has 0 atom stereocenters. The van der Waals surface area contributed by atoms with Gasteiger partial charge in [0.05, 0.1) is 31.7 Å². The van der Waals surface area contributed by atoms with Crippen LogP contribution in [-0.4, -0.2) is 53.5 Å². The molecular formula is C22H30N4O4S. The molecule has 0 spiro atoms. The standard InChI is InChI=1S/C22H30N4O4S/c1-4-23-22(25-18-10-11-20(30-5-2)21(16-18)29-3)24-13-15-31(27,28)26-14-12-17-8-6-7-9-19(17)26/h6-11,16H,4-5,12-15H2,1-3H3,(H2,23,24,25). The first-order chi connectivity index (χ1) is 15.0. The molecule has 0 saturated heterocycles. The van der Waals surface area contributed by atoms with Crippen LogP contribution in [0.25, 0.3) is 0 Å². The molecule has 2 aromatic carbocycles. The number of benzene rings is 2. The first-order valence-electron chi connectivity index (χ1n) is 10.4. The minimum Gasteiger partial charge on any atom is -0.493 e. The van der Waals surface area contributed by atoms with Crippen LogP contribution in [0.4, 0.5) is 11.4 Å². The van der Waals surface area contributed by atoms with Crippen LogP contribution in [0.3, 0.4) is 0 Å². The highest BCUT2D eigenvalue weighted by Gasteiger charge is 2.28. The first-order valence-corrected chi connectivity index (χ1v) is 12.0. The van der Waals surface area contributed by atoms with Crippen molar-refractivity contribution in [3.8, 4) is 11.5 Å². The van der Waals surface area contributed by atoms with Crippen LogP contribution < -0.4 is 24.4 Å². The van der Waals surface area contributed by atoms with E-state index in [1.54, 1.807) is 7.11 Å². The molecular weight excluding hydrogens is 416 g/mol. The molecule has 9 heteroatoms. The molecule has 1 aliphatic rings. The third-order valence-corrected chi connectivity index (χ3v) is 6.62. The van der Waals surface area contributed by atoms with Crippen LogP contribution in [0, 0.1) is 0 Å². The van der Waals surface area contributed by atoms with Gasteiger partial charge >= 0.3 is 0 Å². The van der Waals surface area contributed by atoms with Crippen molar-refractivity contribution < 1.29 is 17.9 Å². The molecule has 0 radical (unpaired) electrons. The molecule has 0 saturated carbocycles. The van der Waals surface area contributed by atoms with Gasteiger partial charge in [-0.1, -0.05) is 18.2 Å². The van der Waals surface area contributed by atoms with Crippen LogP contribution in [0.5, 0.6) is 11.5 Å². The van der Waals surface area contributed by atoms with Crippen molar-refractivity contribution in [3.63, 3.8) is 0 Å². The molecule has 1 aliphatic heterocycles. The number of guanidine groups is 1. The van der Waals surface area contributed by atoms with Gasteiger partial charge < -0.3 is 20.1 Å². The van der Waals surface area contributed by atoms with Gasteiger partial charge in [-0.25, -0.2) is 8.42 Å². The number of methoxy groups -OCH3 is 1. The predicted octanol–water partition coefficient (Wildman–Crippen LogP) is 2.86. The smallest absolute Gasteiger partial charge is 0.237 e. The summed E-state index contributed by atoms with van der Waals surface area (Å²) in [5, 5.41) is 6.33. The number of ether oxygens (including phenoxy) is 2. The van der Waals surface area contributed by atoms with E-state index in [0.29, 0.717) is 37.2 Å². The number of hydrogen-bond acceptors (Lipinski definition) is 5. The first kappa shape index (κ1) is 22.7. The van der Waals surface area contributed by atoms with E-state index in [4.69, 9.17) is 9.47 Å². The Kier molecular flexibility index (Phi) is 7.62. The van der Waals surface area contributed by atoms with Gasteiger partial charge in [-0.2, -0.15) is 0 Å². The van der Waals surface area contributed by atoms with Gasteiger partial charge in [0.25, 0.3) is 0 Å². The fourth-order valence-corrected chi connectivity index (χ4v) is 4.83. The predicted molar refractivity (Wildman–Crippen MR) is 125 cm³/mol. The zero-order valence-corrected chi connectivity index (χ0v) is 19.0. The van der Waals surface area contributed by atoms with E-state index in [1.807, 2.05) is 56.3 Å². The number of sulfonamides is 1. The maximum atomic E-state index is 12.9. The number of fused-ring (bicyclic) bond motifs is 1. The number of nitrogens with one attached hydrogen (secondary N) is 2. The van der Waals surface area contributed by atoms with Gasteiger partial charge in [-0.15, -0.1) is 0 Å². The van der Waals surface area contributed by atoms with Crippen LogP contribution in [0.1, 0.15) is 19.4 Å². The molecule has 0 bridgehead atoms. The Balaban J connectivity index is 1.67. The zero-order chi connectivity index (χ0) is 22.3. The SMILES string of the molecule is CCNC(=NCCS(=O)(=O)N1CCc2ccccc21)Nc1ccc(OCC)c(OC)c1. The third-order valence-electron chi connectivity index (χ3n) is 4.87. The zero-order valence-electron chi connectivity index (χ0n) is 18.2. The Morgan fingerprint density at radius 2 is 1.97 bits per heavy atom. The van der Waals surface area contributed by atoms with E-state index in [0.717, 1.165) is 23.4 Å². The van der Waals surface area contributed by atoms with Crippen LogP contribution in [0.2, 0.25) is 0 Å². The fourth-order valence-electron chi connectivity index (χ4n) is 3.44. The molecule has 0 amide bonds. The summed E-state index contributed by atoms with van der Waals surface area (Å²) in [4.78, 5) is 4.45. The highest BCUT2D eigenvalue weighted by atomic mass is 32.2. The van der Waals surface area contributed by atoms with Gasteiger partial charge in [-0.05, 0) is 44.0 Å². The van der Waals surface area contributed by atoms with Crippen LogP contribution in [-0.2, 0) is 16.4 Å². The highest BCUT2D eigenvalue weighted by Crippen LogP contribution is 2.31. The Morgan fingerprint density at radius 3 is 2.71 bits per heavy atom. The van der Waals surface area contributed by atoms with Gasteiger partial charge in [0.1, 0.15) is 0 Å². The summed E-state index contributed by atoms with van der Waals surface area (Å²) in [6.45, 7) is 5.68. The van der Waals surface area contributed by atoms with Gasteiger partial charge in [-0.3, -0.25) is 9.30 Å². The highest BCUT2D eigenvalue weighted by molar-refractivity contribution is 7.92. The second-order valence-corrected chi connectivity index (χ2v) is 8.96. The number of para-hydroxylation sites is 1. The molecule has 0 aromatic heterocycles. The topological polar surface area (TPSA) is 92.3 Å². The van der Waals surface area contributed by atoms with Crippen molar-refractivity contribution in [1.82, 2.24) is 5.32 Å². The normalized spacial score (nSPS) is 13.6. The molecule has 0 unspecified atom stereocenters. The van der Waals surface area contributed by atoms with E-state index < -0.39 is 10.0 Å². The van der Waals surface area contributed by atoms with Crippen LogP contribution in [0.15, 0.2) is 47.5 Å². The molecule has 1 heterocycles. The van der Waals surface area contributed by atoms with Gasteiger partial charge in [0.2, 0.25) is 10.0 Å². The summed E-state index contributed by atoms with van der Waals surface area (Å²) in [6, 6.07) is 13.1. The van der Waals surface area contributed by atoms with Crippen LogP contribution >= 0.6 is 0 Å². The summed E-state index contributed by atoms with van der Waals surface area (Å²) in [5.41, 5.74) is 2.60. The molecule has 3 rings (SSSR count). The third kappa shape index (κ3) is 5.61. The molecule has 2 N–H and O–H groups in total. The van der Waals surface area contributed by atoms with E-state index in [9.17, 15) is 8.42 Å². The van der Waals surface area contributed by atoms with Gasteiger partial charge in [0.15, 0.2) is 17.5 Å². The lowest BCUT2D eigenvalue weighted by Crippen LogP contribution is -2.34. The molecule has 0 fully saturated rings. The maximum absolute atomic E-state index is 12.9. The number of rotatable bonds is 9. The number of aliphatic imine (C=N–C) groups is 1. The average molecular weight is 447 g/mol.